The van der Waals surface area contributed by atoms with Gasteiger partial charge in [0, 0.05) is 13.7 Å². The number of methoxy groups -OCH3 is 1. The van der Waals surface area contributed by atoms with E-state index in [0.717, 1.165) is 0 Å². The monoisotopic (exact) mass is 267 g/mol. The molecule has 0 aliphatic carbocycles. The van der Waals surface area contributed by atoms with E-state index in [9.17, 15) is 9.59 Å². The number of carboxylic acids is 1. The summed E-state index contributed by atoms with van der Waals surface area (Å²) < 4.78 is 10.0. The van der Waals surface area contributed by atoms with Crippen molar-refractivity contribution in [1.29, 1.82) is 0 Å². The fourth-order valence-electron chi connectivity index (χ4n) is 1.41. The first-order chi connectivity index (χ1) is 9.04. The number of nitrogens with one attached hydrogen (secondary N) is 1. The summed E-state index contributed by atoms with van der Waals surface area (Å²) in [7, 11) is 1.54. The number of rotatable bonds is 7. The second-order valence-corrected chi connectivity index (χ2v) is 3.91. The molecule has 0 unspecified atom stereocenters. The van der Waals surface area contributed by atoms with Crippen molar-refractivity contribution < 1.29 is 24.2 Å². The first-order valence-corrected chi connectivity index (χ1v) is 5.77. The largest absolute Gasteiger partial charge is 0.484 e. The second kappa shape index (κ2) is 7.38. The zero-order chi connectivity index (χ0) is 14.3. The maximum atomic E-state index is 11.4. The Labute approximate surface area is 111 Å². The fourth-order valence-corrected chi connectivity index (χ4v) is 1.41. The van der Waals surface area contributed by atoms with E-state index in [0.29, 0.717) is 24.5 Å². The topological polar surface area (TPSA) is 84.9 Å². The molecule has 0 saturated heterocycles. The van der Waals surface area contributed by atoms with Gasteiger partial charge < -0.3 is 19.9 Å². The molecular weight excluding hydrogens is 250 g/mol. The van der Waals surface area contributed by atoms with Gasteiger partial charge in [0.2, 0.25) is 0 Å². The van der Waals surface area contributed by atoms with E-state index in [1.54, 1.807) is 26.2 Å². The molecule has 2 N–H and O–H groups in total. The Morgan fingerprint density at radius 2 is 2.11 bits per heavy atom. The predicted molar refractivity (Wildman–Crippen MR) is 68.5 cm³/mol. The molecule has 0 bridgehead atoms. The smallest absolute Gasteiger partial charge is 0.336 e. The quantitative estimate of drug-likeness (QED) is 0.715. The van der Waals surface area contributed by atoms with Crippen LogP contribution in [-0.4, -0.2) is 43.9 Å². The Balaban J connectivity index is 2.51. The number of hydrogen-bond acceptors (Lipinski definition) is 4. The summed E-state index contributed by atoms with van der Waals surface area (Å²) >= 11 is 0. The highest BCUT2D eigenvalue weighted by Gasteiger charge is 2.09. The number of aromatic carboxylic acids is 1. The molecule has 0 spiro atoms. The van der Waals surface area contributed by atoms with Gasteiger partial charge in [0.05, 0.1) is 12.2 Å². The minimum absolute atomic E-state index is 0.161. The van der Waals surface area contributed by atoms with Gasteiger partial charge in [0.1, 0.15) is 5.75 Å². The number of carbonyl (C=O) groups excluding carboxylic acids is 1. The maximum absolute atomic E-state index is 11.4. The Kier molecular flexibility index (Phi) is 5.81. The lowest BCUT2D eigenvalue weighted by Gasteiger charge is -2.08. The van der Waals surface area contributed by atoms with Crippen molar-refractivity contribution in [1.82, 2.24) is 5.32 Å². The third kappa shape index (κ3) is 4.97. The summed E-state index contributed by atoms with van der Waals surface area (Å²) in [5.41, 5.74) is 0.807. The summed E-state index contributed by atoms with van der Waals surface area (Å²) in [6.45, 7) is 2.38. The molecule has 0 heterocycles. The average Bonchev–Trinajstić information content (AvgIpc) is 2.37. The molecule has 6 nitrogen and oxygen atoms in total. The molecule has 1 aromatic carbocycles. The molecule has 19 heavy (non-hydrogen) atoms. The van der Waals surface area contributed by atoms with Crippen LogP contribution in [-0.2, 0) is 9.53 Å². The van der Waals surface area contributed by atoms with Gasteiger partial charge in [-0.25, -0.2) is 4.79 Å². The van der Waals surface area contributed by atoms with Gasteiger partial charge in [-0.2, -0.15) is 0 Å². The van der Waals surface area contributed by atoms with Crippen molar-refractivity contribution in [3.8, 4) is 5.75 Å². The van der Waals surface area contributed by atoms with Crippen LogP contribution in [0.2, 0.25) is 0 Å². The van der Waals surface area contributed by atoms with Crippen LogP contribution in [0.25, 0.3) is 0 Å². The van der Waals surface area contributed by atoms with Crippen molar-refractivity contribution in [3.05, 3.63) is 29.3 Å². The molecule has 0 aliphatic rings. The number of amides is 1. The van der Waals surface area contributed by atoms with Gasteiger partial charge in [-0.05, 0) is 24.6 Å². The van der Waals surface area contributed by atoms with Crippen LogP contribution in [0, 0.1) is 6.92 Å². The summed E-state index contributed by atoms with van der Waals surface area (Å²) in [4.78, 5) is 22.3. The van der Waals surface area contributed by atoms with E-state index < -0.39 is 5.97 Å². The third-order valence-corrected chi connectivity index (χ3v) is 2.44. The summed E-state index contributed by atoms with van der Waals surface area (Å²) in [6, 6.07) is 4.67. The number of hydrogen-bond donors (Lipinski definition) is 2. The van der Waals surface area contributed by atoms with E-state index in [1.807, 2.05) is 0 Å². The Bertz CT molecular complexity index is 458. The molecule has 6 heteroatoms. The van der Waals surface area contributed by atoms with Crippen LogP contribution in [0.5, 0.6) is 5.75 Å². The normalized spacial score (nSPS) is 10.0. The van der Waals surface area contributed by atoms with E-state index in [2.05, 4.69) is 5.32 Å². The van der Waals surface area contributed by atoms with Gasteiger partial charge in [0.15, 0.2) is 6.61 Å². The molecule has 0 aliphatic heterocycles. The van der Waals surface area contributed by atoms with Crippen LogP contribution >= 0.6 is 0 Å². The molecule has 104 valence electrons. The molecular formula is C13H17NO5. The average molecular weight is 267 g/mol. The van der Waals surface area contributed by atoms with Crippen LogP contribution < -0.4 is 10.1 Å². The van der Waals surface area contributed by atoms with Crippen LogP contribution in [0.4, 0.5) is 0 Å². The Morgan fingerprint density at radius 1 is 1.37 bits per heavy atom. The highest BCUT2D eigenvalue weighted by atomic mass is 16.5. The molecule has 1 rings (SSSR count). The van der Waals surface area contributed by atoms with Crippen molar-refractivity contribution in [3.63, 3.8) is 0 Å². The van der Waals surface area contributed by atoms with Gasteiger partial charge in [-0.15, -0.1) is 0 Å². The molecule has 1 aromatic rings. The Morgan fingerprint density at radius 3 is 2.74 bits per heavy atom. The Hall–Kier alpha value is -2.08. The standard InChI is InChI=1S/C13H17NO5/c1-9-3-4-10(7-11(9)13(16)17)19-8-12(15)14-5-6-18-2/h3-4,7H,5-6,8H2,1-2H3,(H,14,15)(H,16,17). The summed E-state index contributed by atoms with van der Waals surface area (Å²) in [6.07, 6.45) is 0. The molecule has 0 radical (unpaired) electrons. The number of aryl methyl sites for hydroxylation is 1. The minimum Gasteiger partial charge on any atom is -0.484 e. The lowest BCUT2D eigenvalue weighted by Crippen LogP contribution is -2.31. The first kappa shape index (κ1) is 15.0. The van der Waals surface area contributed by atoms with E-state index in [1.165, 1.54) is 6.07 Å². The second-order valence-electron chi connectivity index (χ2n) is 3.91. The van der Waals surface area contributed by atoms with Crippen molar-refractivity contribution in [2.75, 3.05) is 26.9 Å². The van der Waals surface area contributed by atoms with Crippen molar-refractivity contribution in [2.45, 2.75) is 6.92 Å². The predicted octanol–water partition coefficient (Wildman–Crippen LogP) is 0.835. The lowest BCUT2D eigenvalue weighted by atomic mass is 10.1. The zero-order valence-electron chi connectivity index (χ0n) is 10.9. The molecule has 0 atom stereocenters. The lowest BCUT2D eigenvalue weighted by molar-refractivity contribution is -0.123. The highest BCUT2D eigenvalue weighted by molar-refractivity contribution is 5.89. The van der Waals surface area contributed by atoms with Crippen molar-refractivity contribution in [2.24, 2.45) is 0 Å². The fraction of sp³-hybridized carbons (Fsp3) is 0.385. The highest BCUT2D eigenvalue weighted by Crippen LogP contribution is 2.17. The molecule has 0 fully saturated rings. The van der Waals surface area contributed by atoms with Gasteiger partial charge >= 0.3 is 5.97 Å². The van der Waals surface area contributed by atoms with Crippen LogP contribution in [0.1, 0.15) is 15.9 Å². The van der Waals surface area contributed by atoms with Gasteiger partial charge in [0.25, 0.3) is 5.91 Å². The summed E-state index contributed by atoms with van der Waals surface area (Å²) in [5.74, 6) is -0.952. The number of benzene rings is 1. The van der Waals surface area contributed by atoms with E-state index in [-0.39, 0.29) is 18.1 Å². The number of carbonyl (C=O) groups is 2. The first-order valence-electron chi connectivity index (χ1n) is 5.77. The van der Waals surface area contributed by atoms with Crippen LogP contribution in [0.15, 0.2) is 18.2 Å². The maximum Gasteiger partial charge on any atom is 0.336 e. The van der Waals surface area contributed by atoms with E-state index in [4.69, 9.17) is 14.6 Å². The third-order valence-electron chi connectivity index (χ3n) is 2.44. The SMILES string of the molecule is COCCNC(=O)COc1ccc(C)c(C(=O)O)c1. The van der Waals surface area contributed by atoms with E-state index >= 15 is 0 Å². The molecule has 0 aromatic heterocycles. The number of carboxylic acid groups (broad SMARTS) is 1. The van der Waals surface area contributed by atoms with Crippen molar-refractivity contribution >= 4 is 11.9 Å². The van der Waals surface area contributed by atoms with Crippen LogP contribution in [0.3, 0.4) is 0 Å². The molecule has 1 amide bonds. The number of ether oxygens (including phenoxy) is 2. The van der Waals surface area contributed by atoms with Gasteiger partial charge in [-0.3, -0.25) is 4.79 Å². The van der Waals surface area contributed by atoms with Gasteiger partial charge in [-0.1, -0.05) is 6.07 Å². The minimum atomic E-state index is -1.02. The molecule has 0 saturated carbocycles. The zero-order valence-corrected chi connectivity index (χ0v) is 10.9. The summed E-state index contributed by atoms with van der Waals surface area (Å²) in [5, 5.41) is 11.6.